The highest BCUT2D eigenvalue weighted by molar-refractivity contribution is 5.85. The van der Waals surface area contributed by atoms with Crippen molar-refractivity contribution in [2.45, 2.75) is 18.9 Å². The van der Waals surface area contributed by atoms with E-state index in [1.165, 1.54) is 18.4 Å². The fraction of sp³-hybridized carbons (Fsp3) is 0.308. The molecule has 0 aliphatic carbocycles. The molecule has 1 fully saturated rings. The zero-order chi connectivity index (χ0) is 11.4. The highest BCUT2D eigenvalue weighted by Gasteiger charge is 2.15. The lowest BCUT2D eigenvalue weighted by atomic mass is 10.0. The number of hydrogen-bond donors (Lipinski definition) is 2. The molecule has 3 nitrogen and oxygen atoms in total. The number of rotatable bonds is 3. The smallest absolute Gasteiger partial charge is 0.328 e. The molecule has 1 atom stereocenters. The first kappa shape index (κ1) is 10.9. The molecule has 1 heterocycles. The average molecular weight is 217 g/mol. The Balaban J connectivity index is 2.06. The Labute approximate surface area is 94.8 Å². The summed E-state index contributed by atoms with van der Waals surface area (Å²) in [7, 11) is 0. The van der Waals surface area contributed by atoms with Gasteiger partial charge in [0.05, 0.1) is 0 Å². The Hall–Kier alpha value is -1.61. The molecule has 1 aromatic carbocycles. The number of hydrogen-bond acceptors (Lipinski definition) is 2. The highest BCUT2D eigenvalue weighted by Crippen LogP contribution is 2.23. The van der Waals surface area contributed by atoms with Crippen LogP contribution in [0.15, 0.2) is 30.3 Å². The van der Waals surface area contributed by atoms with Crippen LogP contribution in [0.5, 0.6) is 0 Å². The van der Waals surface area contributed by atoms with Gasteiger partial charge in [0.25, 0.3) is 0 Å². The van der Waals surface area contributed by atoms with Crippen molar-refractivity contribution in [1.29, 1.82) is 0 Å². The summed E-state index contributed by atoms with van der Waals surface area (Å²) in [6, 6.07) is 8.50. The molecule has 84 valence electrons. The van der Waals surface area contributed by atoms with Crippen LogP contribution in [0.2, 0.25) is 0 Å². The van der Waals surface area contributed by atoms with E-state index in [1.54, 1.807) is 6.08 Å². The van der Waals surface area contributed by atoms with Gasteiger partial charge in [-0.2, -0.15) is 0 Å². The first-order valence-corrected chi connectivity index (χ1v) is 5.50. The minimum atomic E-state index is -0.915. The number of carbonyl (C=O) groups is 1. The van der Waals surface area contributed by atoms with Gasteiger partial charge in [-0.25, -0.2) is 4.79 Å². The maximum Gasteiger partial charge on any atom is 0.328 e. The lowest BCUT2D eigenvalue weighted by Gasteiger charge is -2.10. The van der Waals surface area contributed by atoms with Gasteiger partial charge in [0.2, 0.25) is 0 Å². The van der Waals surface area contributed by atoms with Gasteiger partial charge in [0.15, 0.2) is 0 Å². The Morgan fingerprint density at radius 3 is 2.69 bits per heavy atom. The molecule has 2 rings (SSSR count). The van der Waals surface area contributed by atoms with Crippen molar-refractivity contribution in [2.24, 2.45) is 0 Å². The van der Waals surface area contributed by atoms with Crippen molar-refractivity contribution >= 4 is 12.0 Å². The van der Waals surface area contributed by atoms with Crippen LogP contribution < -0.4 is 5.32 Å². The summed E-state index contributed by atoms with van der Waals surface area (Å²) in [4.78, 5) is 10.4. The SMILES string of the molecule is O=C(O)/C=C/c1ccc([C@@H]2CCCN2)cc1. The second-order valence-corrected chi connectivity index (χ2v) is 3.99. The standard InChI is InChI=1S/C13H15NO2/c15-13(16)8-5-10-3-6-11(7-4-10)12-2-1-9-14-12/h3-8,12,14H,1-2,9H2,(H,15,16)/b8-5+/t12-/m0/s1. The molecule has 1 saturated heterocycles. The Bertz CT molecular complexity index is 389. The molecule has 0 unspecified atom stereocenters. The number of carboxylic acid groups (broad SMARTS) is 1. The van der Waals surface area contributed by atoms with Gasteiger partial charge < -0.3 is 10.4 Å². The van der Waals surface area contributed by atoms with Crippen LogP contribution >= 0.6 is 0 Å². The first-order valence-electron chi connectivity index (χ1n) is 5.50. The van der Waals surface area contributed by atoms with E-state index in [2.05, 4.69) is 17.4 Å². The lowest BCUT2D eigenvalue weighted by molar-refractivity contribution is -0.131. The van der Waals surface area contributed by atoms with Crippen LogP contribution in [0.4, 0.5) is 0 Å². The van der Waals surface area contributed by atoms with Crippen LogP contribution in [0.25, 0.3) is 6.08 Å². The van der Waals surface area contributed by atoms with E-state index in [0.29, 0.717) is 6.04 Å². The highest BCUT2D eigenvalue weighted by atomic mass is 16.4. The summed E-state index contributed by atoms with van der Waals surface area (Å²) < 4.78 is 0. The summed E-state index contributed by atoms with van der Waals surface area (Å²) in [6.07, 6.45) is 5.17. The average Bonchev–Trinajstić information content (AvgIpc) is 2.80. The third-order valence-corrected chi connectivity index (χ3v) is 2.82. The fourth-order valence-corrected chi connectivity index (χ4v) is 1.98. The third-order valence-electron chi connectivity index (χ3n) is 2.82. The second-order valence-electron chi connectivity index (χ2n) is 3.99. The van der Waals surface area contributed by atoms with Crippen molar-refractivity contribution in [3.8, 4) is 0 Å². The van der Waals surface area contributed by atoms with Gasteiger partial charge in [-0.1, -0.05) is 24.3 Å². The molecule has 3 heteroatoms. The van der Waals surface area contributed by atoms with Crippen molar-refractivity contribution < 1.29 is 9.90 Å². The summed E-state index contributed by atoms with van der Waals surface area (Å²) in [5.74, 6) is -0.915. The van der Waals surface area contributed by atoms with Gasteiger partial charge in [-0.05, 0) is 36.6 Å². The van der Waals surface area contributed by atoms with Gasteiger partial charge in [-0.15, -0.1) is 0 Å². The van der Waals surface area contributed by atoms with E-state index in [-0.39, 0.29) is 0 Å². The van der Waals surface area contributed by atoms with Crippen molar-refractivity contribution in [2.75, 3.05) is 6.54 Å². The Morgan fingerprint density at radius 2 is 2.12 bits per heavy atom. The zero-order valence-corrected chi connectivity index (χ0v) is 9.02. The monoisotopic (exact) mass is 217 g/mol. The van der Waals surface area contributed by atoms with Gasteiger partial charge in [-0.3, -0.25) is 0 Å². The molecule has 0 saturated carbocycles. The summed E-state index contributed by atoms with van der Waals surface area (Å²) in [6.45, 7) is 1.09. The van der Waals surface area contributed by atoms with Crippen LogP contribution in [0, 0.1) is 0 Å². The molecular formula is C13H15NO2. The Kier molecular flexibility index (Phi) is 3.37. The van der Waals surface area contributed by atoms with Gasteiger partial charge in [0, 0.05) is 12.1 Å². The molecule has 0 spiro atoms. The van der Waals surface area contributed by atoms with Crippen molar-refractivity contribution in [3.05, 3.63) is 41.5 Å². The molecule has 0 radical (unpaired) electrons. The van der Waals surface area contributed by atoms with E-state index < -0.39 is 5.97 Å². The Morgan fingerprint density at radius 1 is 1.38 bits per heavy atom. The van der Waals surface area contributed by atoms with Crippen LogP contribution in [-0.2, 0) is 4.79 Å². The molecule has 0 bridgehead atoms. The molecule has 1 aromatic rings. The second kappa shape index (κ2) is 4.94. The van der Waals surface area contributed by atoms with E-state index in [4.69, 9.17) is 5.11 Å². The number of benzene rings is 1. The molecule has 0 amide bonds. The topological polar surface area (TPSA) is 49.3 Å². The minimum Gasteiger partial charge on any atom is -0.478 e. The predicted octanol–water partition coefficient (Wildman–Crippen LogP) is 2.21. The molecule has 1 aliphatic heterocycles. The van der Waals surface area contributed by atoms with E-state index in [9.17, 15) is 4.79 Å². The van der Waals surface area contributed by atoms with Crippen LogP contribution in [0.1, 0.15) is 30.0 Å². The quantitative estimate of drug-likeness (QED) is 0.763. The molecule has 2 N–H and O–H groups in total. The maximum absolute atomic E-state index is 10.4. The molecule has 0 aromatic heterocycles. The number of nitrogens with one attached hydrogen (secondary N) is 1. The van der Waals surface area contributed by atoms with Crippen molar-refractivity contribution in [3.63, 3.8) is 0 Å². The largest absolute Gasteiger partial charge is 0.478 e. The van der Waals surface area contributed by atoms with Crippen molar-refractivity contribution in [1.82, 2.24) is 5.32 Å². The van der Waals surface area contributed by atoms with Crippen LogP contribution in [0.3, 0.4) is 0 Å². The van der Waals surface area contributed by atoms with E-state index in [0.717, 1.165) is 18.2 Å². The molecule has 1 aliphatic rings. The van der Waals surface area contributed by atoms with Crippen LogP contribution in [-0.4, -0.2) is 17.6 Å². The zero-order valence-electron chi connectivity index (χ0n) is 9.02. The fourth-order valence-electron chi connectivity index (χ4n) is 1.98. The third kappa shape index (κ3) is 2.70. The normalized spacial score (nSPS) is 20.4. The first-order chi connectivity index (χ1) is 7.75. The number of carboxylic acids is 1. The van der Waals surface area contributed by atoms with E-state index >= 15 is 0 Å². The predicted molar refractivity (Wildman–Crippen MR) is 63.1 cm³/mol. The molecule has 16 heavy (non-hydrogen) atoms. The summed E-state index contributed by atoms with van der Waals surface area (Å²) in [5, 5.41) is 11.9. The van der Waals surface area contributed by atoms with E-state index in [1.807, 2.05) is 12.1 Å². The lowest BCUT2D eigenvalue weighted by Crippen LogP contribution is -2.12. The molecular weight excluding hydrogens is 202 g/mol. The van der Waals surface area contributed by atoms with Gasteiger partial charge >= 0.3 is 5.97 Å². The minimum absolute atomic E-state index is 0.470. The van der Waals surface area contributed by atoms with Gasteiger partial charge in [0.1, 0.15) is 0 Å². The summed E-state index contributed by atoms with van der Waals surface area (Å²) >= 11 is 0. The maximum atomic E-state index is 10.4. The number of aliphatic carboxylic acids is 1. The summed E-state index contributed by atoms with van der Waals surface area (Å²) in [5.41, 5.74) is 2.20.